The Morgan fingerprint density at radius 3 is 2.93 bits per heavy atom. The maximum Gasteiger partial charge on any atom is 0.0936 e. The fourth-order valence-electron chi connectivity index (χ4n) is 1.61. The van der Waals surface area contributed by atoms with E-state index in [1.54, 1.807) is 7.11 Å². The molecular weight excluding hydrogens is 194 g/mol. The second-order valence-electron chi connectivity index (χ2n) is 4.15. The van der Waals surface area contributed by atoms with Crippen molar-refractivity contribution < 1.29 is 14.2 Å². The molecule has 15 heavy (non-hydrogen) atoms. The zero-order chi connectivity index (χ0) is 11.1. The number of methoxy groups -OCH3 is 1. The van der Waals surface area contributed by atoms with Crippen LogP contribution in [0.15, 0.2) is 0 Å². The average molecular weight is 217 g/mol. The molecule has 1 N–H and O–H groups in total. The molecule has 0 radical (unpaired) electrons. The molecular formula is C11H23NO3. The summed E-state index contributed by atoms with van der Waals surface area (Å²) in [6.07, 6.45) is 1.66. The standard InChI is InChI=1S/C11H23NO3/c1-9(4-5-13-3)14-8-11-7-12-6-10(2)15-11/h9-12H,4-8H2,1-3H3. The van der Waals surface area contributed by atoms with Crippen LogP contribution in [0.2, 0.25) is 0 Å². The molecule has 0 saturated carbocycles. The Kier molecular flexibility index (Phi) is 6.17. The maximum absolute atomic E-state index is 5.72. The molecule has 0 amide bonds. The lowest BCUT2D eigenvalue weighted by Crippen LogP contribution is -2.45. The Labute approximate surface area is 92.3 Å². The zero-order valence-electron chi connectivity index (χ0n) is 9.99. The van der Waals surface area contributed by atoms with E-state index in [0.717, 1.165) is 26.1 Å². The normalized spacial score (nSPS) is 29.0. The van der Waals surface area contributed by atoms with Gasteiger partial charge < -0.3 is 19.5 Å². The molecule has 0 aromatic rings. The van der Waals surface area contributed by atoms with Gasteiger partial charge in [-0.25, -0.2) is 0 Å². The molecule has 0 aromatic carbocycles. The van der Waals surface area contributed by atoms with Crippen molar-refractivity contribution in [3.8, 4) is 0 Å². The SMILES string of the molecule is COCCC(C)OCC1CNCC(C)O1. The van der Waals surface area contributed by atoms with Crippen LogP contribution >= 0.6 is 0 Å². The Bertz CT molecular complexity index is 166. The van der Waals surface area contributed by atoms with E-state index in [0.29, 0.717) is 12.7 Å². The van der Waals surface area contributed by atoms with Crippen molar-refractivity contribution >= 4 is 0 Å². The largest absolute Gasteiger partial charge is 0.385 e. The predicted octanol–water partition coefficient (Wildman–Crippen LogP) is 0.805. The van der Waals surface area contributed by atoms with Crippen molar-refractivity contribution in [2.45, 2.75) is 38.6 Å². The summed E-state index contributed by atoms with van der Waals surface area (Å²) in [5.41, 5.74) is 0. The van der Waals surface area contributed by atoms with Gasteiger partial charge in [0, 0.05) is 26.8 Å². The molecule has 0 aliphatic carbocycles. The van der Waals surface area contributed by atoms with Crippen molar-refractivity contribution in [2.24, 2.45) is 0 Å². The van der Waals surface area contributed by atoms with Gasteiger partial charge >= 0.3 is 0 Å². The minimum absolute atomic E-state index is 0.193. The molecule has 1 heterocycles. The van der Waals surface area contributed by atoms with Gasteiger partial charge in [-0.05, 0) is 20.3 Å². The monoisotopic (exact) mass is 217 g/mol. The molecule has 3 unspecified atom stereocenters. The predicted molar refractivity (Wildman–Crippen MR) is 59.1 cm³/mol. The van der Waals surface area contributed by atoms with E-state index in [9.17, 15) is 0 Å². The lowest BCUT2D eigenvalue weighted by Gasteiger charge is -2.29. The highest BCUT2D eigenvalue weighted by molar-refractivity contribution is 4.71. The van der Waals surface area contributed by atoms with E-state index in [1.807, 2.05) is 0 Å². The van der Waals surface area contributed by atoms with Crippen molar-refractivity contribution in [3.63, 3.8) is 0 Å². The van der Waals surface area contributed by atoms with E-state index in [4.69, 9.17) is 14.2 Å². The van der Waals surface area contributed by atoms with Gasteiger partial charge in [-0.1, -0.05) is 0 Å². The average Bonchev–Trinajstić information content (AvgIpc) is 2.23. The molecule has 90 valence electrons. The van der Waals surface area contributed by atoms with Crippen LogP contribution in [0.3, 0.4) is 0 Å². The summed E-state index contributed by atoms with van der Waals surface area (Å²) in [7, 11) is 1.71. The molecule has 1 rings (SSSR count). The van der Waals surface area contributed by atoms with E-state index >= 15 is 0 Å². The summed E-state index contributed by atoms with van der Waals surface area (Å²) in [5.74, 6) is 0. The van der Waals surface area contributed by atoms with E-state index in [-0.39, 0.29) is 12.2 Å². The topological polar surface area (TPSA) is 39.7 Å². The fraction of sp³-hybridized carbons (Fsp3) is 1.00. The van der Waals surface area contributed by atoms with E-state index in [1.165, 1.54) is 0 Å². The lowest BCUT2D eigenvalue weighted by atomic mass is 10.2. The lowest BCUT2D eigenvalue weighted by molar-refractivity contribution is -0.0848. The quantitative estimate of drug-likeness (QED) is 0.714. The first kappa shape index (κ1) is 12.9. The summed E-state index contributed by atoms with van der Waals surface area (Å²) in [6, 6.07) is 0. The van der Waals surface area contributed by atoms with Crippen LogP contribution < -0.4 is 5.32 Å². The Morgan fingerprint density at radius 1 is 1.47 bits per heavy atom. The van der Waals surface area contributed by atoms with Crippen molar-refractivity contribution in [2.75, 3.05) is 33.4 Å². The van der Waals surface area contributed by atoms with Gasteiger partial charge in [0.15, 0.2) is 0 Å². The van der Waals surface area contributed by atoms with Crippen LogP contribution in [0.5, 0.6) is 0 Å². The Balaban J connectivity index is 2.07. The molecule has 4 heteroatoms. The first-order valence-electron chi connectivity index (χ1n) is 5.69. The highest BCUT2D eigenvalue weighted by Gasteiger charge is 2.19. The third-order valence-electron chi connectivity index (χ3n) is 2.52. The smallest absolute Gasteiger partial charge is 0.0936 e. The number of morpholine rings is 1. The Hall–Kier alpha value is -0.160. The van der Waals surface area contributed by atoms with Gasteiger partial charge in [0.1, 0.15) is 0 Å². The van der Waals surface area contributed by atoms with Crippen LogP contribution in [0, 0.1) is 0 Å². The minimum Gasteiger partial charge on any atom is -0.385 e. The number of rotatable bonds is 6. The number of hydrogen-bond acceptors (Lipinski definition) is 4. The second-order valence-corrected chi connectivity index (χ2v) is 4.15. The van der Waals surface area contributed by atoms with Gasteiger partial charge in [-0.2, -0.15) is 0 Å². The fourth-order valence-corrected chi connectivity index (χ4v) is 1.61. The molecule has 1 aliphatic heterocycles. The van der Waals surface area contributed by atoms with Crippen LogP contribution in [0.1, 0.15) is 20.3 Å². The summed E-state index contributed by atoms with van der Waals surface area (Å²) in [4.78, 5) is 0. The molecule has 0 spiro atoms. The molecule has 1 aliphatic rings. The van der Waals surface area contributed by atoms with Gasteiger partial charge in [-0.15, -0.1) is 0 Å². The minimum atomic E-state index is 0.193. The van der Waals surface area contributed by atoms with E-state index < -0.39 is 0 Å². The second kappa shape index (κ2) is 7.17. The molecule has 3 atom stereocenters. The van der Waals surface area contributed by atoms with Gasteiger partial charge in [0.2, 0.25) is 0 Å². The molecule has 0 aromatic heterocycles. The number of hydrogen-bond donors (Lipinski definition) is 1. The van der Waals surface area contributed by atoms with E-state index in [2.05, 4.69) is 19.2 Å². The van der Waals surface area contributed by atoms with Crippen LogP contribution in [0.4, 0.5) is 0 Å². The first-order valence-corrected chi connectivity index (χ1v) is 5.69. The Morgan fingerprint density at radius 2 is 2.27 bits per heavy atom. The number of ether oxygens (including phenoxy) is 3. The van der Waals surface area contributed by atoms with Crippen LogP contribution in [-0.4, -0.2) is 51.7 Å². The summed E-state index contributed by atoms with van der Waals surface area (Å²) in [5, 5.41) is 3.32. The summed E-state index contributed by atoms with van der Waals surface area (Å²) in [6.45, 7) is 7.40. The molecule has 0 bridgehead atoms. The van der Waals surface area contributed by atoms with Crippen molar-refractivity contribution in [1.82, 2.24) is 5.32 Å². The van der Waals surface area contributed by atoms with Gasteiger partial charge in [-0.3, -0.25) is 0 Å². The highest BCUT2D eigenvalue weighted by Crippen LogP contribution is 2.06. The number of nitrogens with one attached hydrogen (secondary N) is 1. The van der Waals surface area contributed by atoms with Crippen LogP contribution in [0.25, 0.3) is 0 Å². The van der Waals surface area contributed by atoms with Gasteiger partial charge in [0.25, 0.3) is 0 Å². The summed E-state index contributed by atoms with van der Waals surface area (Å²) >= 11 is 0. The third-order valence-corrected chi connectivity index (χ3v) is 2.52. The zero-order valence-corrected chi connectivity index (χ0v) is 9.99. The molecule has 1 saturated heterocycles. The summed E-state index contributed by atoms with van der Waals surface area (Å²) < 4.78 is 16.4. The maximum atomic E-state index is 5.72. The first-order chi connectivity index (χ1) is 7.22. The van der Waals surface area contributed by atoms with Gasteiger partial charge in [0.05, 0.1) is 24.9 Å². The highest BCUT2D eigenvalue weighted by atomic mass is 16.5. The van der Waals surface area contributed by atoms with Crippen molar-refractivity contribution in [1.29, 1.82) is 0 Å². The third kappa shape index (κ3) is 5.47. The van der Waals surface area contributed by atoms with Crippen LogP contribution in [-0.2, 0) is 14.2 Å². The van der Waals surface area contributed by atoms with Crippen molar-refractivity contribution in [3.05, 3.63) is 0 Å². The molecule has 4 nitrogen and oxygen atoms in total. The molecule has 1 fully saturated rings.